The van der Waals surface area contributed by atoms with Gasteiger partial charge in [-0.05, 0) is 30.3 Å². The Morgan fingerprint density at radius 1 is 1.13 bits per heavy atom. The maximum Gasteiger partial charge on any atom is 0.322 e. The Hall–Kier alpha value is -2.82. The number of fused-ring (bicyclic) bond motifs is 3. The van der Waals surface area contributed by atoms with Crippen LogP contribution in [0, 0.1) is 5.82 Å². The lowest BCUT2D eigenvalue weighted by atomic mass is 10.0. The van der Waals surface area contributed by atoms with E-state index in [9.17, 15) is 9.18 Å². The number of H-pyrrole nitrogens is 1. The van der Waals surface area contributed by atoms with Crippen molar-refractivity contribution in [1.29, 1.82) is 0 Å². The third kappa shape index (κ3) is 2.54. The van der Waals surface area contributed by atoms with Crippen molar-refractivity contribution < 1.29 is 9.18 Å². The molecular formula is C18H16FN3O. The van der Waals surface area contributed by atoms with E-state index in [0.717, 1.165) is 11.9 Å². The number of urea groups is 1. The zero-order valence-corrected chi connectivity index (χ0v) is 12.5. The summed E-state index contributed by atoms with van der Waals surface area (Å²) in [6.45, 7) is 1.24. The summed E-state index contributed by atoms with van der Waals surface area (Å²) >= 11 is 0. The Morgan fingerprint density at radius 3 is 2.74 bits per heavy atom. The van der Waals surface area contributed by atoms with Gasteiger partial charge >= 0.3 is 6.03 Å². The highest BCUT2D eigenvalue weighted by Gasteiger charge is 2.23. The molecule has 4 rings (SSSR count). The molecular weight excluding hydrogens is 293 g/mol. The summed E-state index contributed by atoms with van der Waals surface area (Å²) in [6, 6.07) is 13.8. The highest BCUT2D eigenvalue weighted by Crippen LogP contribution is 2.27. The van der Waals surface area contributed by atoms with E-state index < -0.39 is 0 Å². The quantitative estimate of drug-likeness (QED) is 0.704. The van der Waals surface area contributed by atoms with Gasteiger partial charge in [-0.2, -0.15) is 0 Å². The van der Waals surface area contributed by atoms with Gasteiger partial charge in [-0.1, -0.05) is 18.2 Å². The summed E-state index contributed by atoms with van der Waals surface area (Å²) in [5.41, 5.74) is 4.09. The third-order valence-electron chi connectivity index (χ3n) is 4.27. The standard InChI is InChI=1S/C18H16FN3O/c19-12-5-7-13(8-6-12)20-18(23)22-10-9-17-15(11-22)14-3-1-2-4-16(14)21-17/h1-8,21H,9-11H2,(H,20,23). The molecule has 3 aromatic rings. The van der Waals surface area contributed by atoms with Gasteiger partial charge in [0.05, 0.1) is 0 Å². The molecule has 1 aliphatic heterocycles. The molecule has 1 aliphatic rings. The molecule has 2 aromatic carbocycles. The molecule has 0 spiro atoms. The monoisotopic (exact) mass is 309 g/mol. The normalized spacial score (nSPS) is 13.9. The number of aromatic amines is 1. The number of rotatable bonds is 1. The van der Waals surface area contributed by atoms with E-state index in [1.54, 1.807) is 17.0 Å². The summed E-state index contributed by atoms with van der Waals surface area (Å²) in [5, 5.41) is 3.99. The van der Waals surface area contributed by atoms with Crippen LogP contribution in [-0.4, -0.2) is 22.5 Å². The van der Waals surface area contributed by atoms with E-state index in [-0.39, 0.29) is 11.8 Å². The number of benzene rings is 2. The van der Waals surface area contributed by atoms with Crippen LogP contribution in [0.3, 0.4) is 0 Å². The van der Waals surface area contributed by atoms with Crippen molar-refractivity contribution in [1.82, 2.24) is 9.88 Å². The van der Waals surface area contributed by atoms with Gasteiger partial charge in [0.15, 0.2) is 0 Å². The minimum Gasteiger partial charge on any atom is -0.358 e. The van der Waals surface area contributed by atoms with E-state index in [4.69, 9.17) is 0 Å². The van der Waals surface area contributed by atoms with Crippen LogP contribution in [-0.2, 0) is 13.0 Å². The first-order valence-electron chi connectivity index (χ1n) is 7.60. The second kappa shape index (κ2) is 5.43. The predicted octanol–water partition coefficient (Wildman–Crippen LogP) is 3.90. The molecule has 23 heavy (non-hydrogen) atoms. The van der Waals surface area contributed by atoms with Crippen LogP contribution in [0.1, 0.15) is 11.3 Å². The predicted molar refractivity (Wildman–Crippen MR) is 87.8 cm³/mol. The van der Waals surface area contributed by atoms with E-state index in [2.05, 4.69) is 22.4 Å². The summed E-state index contributed by atoms with van der Waals surface area (Å²) in [5.74, 6) is -0.315. The fourth-order valence-electron chi connectivity index (χ4n) is 3.08. The second-order valence-corrected chi connectivity index (χ2v) is 5.74. The maximum atomic E-state index is 12.9. The lowest BCUT2D eigenvalue weighted by Crippen LogP contribution is -2.38. The minimum atomic E-state index is -0.315. The summed E-state index contributed by atoms with van der Waals surface area (Å²) in [4.78, 5) is 17.6. The molecule has 5 heteroatoms. The van der Waals surface area contributed by atoms with Crippen LogP contribution < -0.4 is 5.32 Å². The summed E-state index contributed by atoms with van der Waals surface area (Å²) in [6.07, 6.45) is 0.806. The van der Waals surface area contributed by atoms with Crippen LogP contribution in [0.25, 0.3) is 10.9 Å². The zero-order chi connectivity index (χ0) is 15.8. The first-order chi connectivity index (χ1) is 11.2. The number of aromatic nitrogens is 1. The third-order valence-corrected chi connectivity index (χ3v) is 4.27. The average molecular weight is 309 g/mol. The van der Waals surface area contributed by atoms with Gasteiger partial charge in [-0.25, -0.2) is 9.18 Å². The fraction of sp³-hybridized carbons (Fsp3) is 0.167. The molecule has 0 saturated heterocycles. The molecule has 1 aromatic heterocycles. The van der Waals surface area contributed by atoms with Gasteiger partial charge in [-0.3, -0.25) is 0 Å². The molecule has 2 amide bonds. The molecule has 0 radical (unpaired) electrons. The van der Waals surface area contributed by atoms with E-state index >= 15 is 0 Å². The second-order valence-electron chi connectivity index (χ2n) is 5.74. The van der Waals surface area contributed by atoms with Crippen molar-refractivity contribution in [3.63, 3.8) is 0 Å². The van der Waals surface area contributed by atoms with Crippen molar-refractivity contribution >= 4 is 22.6 Å². The van der Waals surface area contributed by atoms with Crippen LogP contribution in [0.5, 0.6) is 0 Å². The van der Waals surface area contributed by atoms with Crippen molar-refractivity contribution in [2.24, 2.45) is 0 Å². The SMILES string of the molecule is O=C(Nc1ccc(F)cc1)N1CCc2[nH]c3ccccc3c2C1. The van der Waals surface area contributed by atoms with Crippen molar-refractivity contribution in [3.05, 3.63) is 65.6 Å². The first-order valence-corrected chi connectivity index (χ1v) is 7.60. The number of para-hydroxylation sites is 1. The van der Waals surface area contributed by atoms with Gasteiger partial charge in [0.1, 0.15) is 5.82 Å². The van der Waals surface area contributed by atoms with Gasteiger partial charge < -0.3 is 15.2 Å². The number of carbonyl (C=O) groups is 1. The Kier molecular flexibility index (Phi) is 3.26. The highest BCUT2D eigenvalue weighted by atomic mass is 19.1. The summed E-state index contributed by atoms with van der Waals surface area (Å²) in [7, 11) is 0. The van der Waals surface area contributed by atoms with Gasteiger partial charge in [0, 0.05) is 47.4 Å². The van der Waals surface area contributed by atoms with Gasteiger partial charge in [-0.15, -0.1) is 0 Å². The molecule has 0 unspecified atom stereocenters. The molecule has 2 N–H and O–H groups in total. The van der Waals surface area contributed by atoms with Crippen molar-refractivity contribution in [3.8, 4) is 0 Å². The topological polar surface area (TPSA) is 48.1 Å². The number of halogens is 1. The Labute approximate surface area is 132 Å². The molecule has 0 bridgehead atoms. The smallest absolute Gasteiger partial charge is 0.322 e. The average Bonchev–Trinajstić information content (AvgIpc) is 2.94. The van der Waals surface area contributed by atoms with Crippen molar-refractivity contribution in [2.75, 3.05) is 11.9 Å². The van der Waals surface area contributed by atoms with Crippen LogP contribution >= 0.6 is 0 Å². The number of hydrogen-bond donors (Lipinski definition) is 2. The van der Waals surface area contributed by atoms with Gasteiger partial charge in [0.25, 0.3) is 0 Å². The molecule has 2 heterocycles. The number of carbonyl (C=O) groups excluding carboxylic acids is 1. The minimum absolute atomic E-state index is 0.160. The van der Waals surface area contributed by atoms with Crippen LogP contribution in [0.4, 0.5) is 14.9 Å². The Bertz CT molecular complexity index is 870. The molecule has 0 fully saturated rings. The Morgan fingerprint density at radius 2 is 1.91 bits per heavy atom. The molecule has 116 valence electrons. The van der Waals surface area contributed by atoms with Crippen LogP contribution in [0.2, 0.25) is 0 Å². The number of amides is 2. The lowest BCUT2D eigenvalue weighted by molar-refractivity contribution is 0.206. The number of nitrogens with one attached hydrogen (secondary N) is 2. The summed E-state index contributed by atoms with van der Waals surface area (Å²) < 4.78 is 12.9. The van der Waals surface area contributed by atoms with Gasteiger partial charge in [0.2, 0.25) is 0 Å². The molecule has 0 aliphatic carbocycles. The Balaban J connectivity index is 1.55. The van der Waals surface area contributed by atoms with E-state index in [0.29, 0.717) is 18.8 Å². The largest absolute Gasteiger partial charge is 0.358 e. The number of hydrogen-bond acceptors (Lipinski definition) is 1. The number of anilines is 1. The van der Waals surface area contributed by atoms with E-state index in [1.165, 1.54) is 28.8 Å². The highest BCUT2D eigenvalue weighted by molar-refractivity contribution is 5.91. The van der Waals surface area contributed by atoms with Crippen LogP contribution in [0.15, 0.2) is 48.5 Å². The fourth-order valence-corrected chi connectivity index (χ4v) is 3.08. The number of nitrogens with zero attached hydrogens (tertiary/aromatic N) is 1. The zero-order valence-electron chi connectivity index (χ0n) is 12.5. The van der Waals surface area contributed by atoms with E-state index in [1.807, 2.05) is 12.1 Å². The maximum absolute atomic E-state index is 12.9. The molecule has 0 saturated carbocycles. The lowest BCUT2D eigenvalue weighted by Gasteiger charge is -2.27. The molecule has 0 atom stereocenters. The van der Waals surface area contributed by atoms with Crippen molar-refractivity contribution in [2.45, 2.75) is 13.0 Å². The first kappa shape index (κ1) is 13.8. The molecule has 4 nitrogen and oxygen atoms in total.